The summed E-state index contributed by atoms with van der Waals surface area (Å²) in [5.41, 5.74) is 1.87. The first-order valence-corrected chi connectivity index (χ1v) is 8.53. The fourth-order valence-corrected chi connectivity index (χ4v) is 3.08. The Bertz CT molecular complexity index is 1060. The maximum atomic E-state index is 12.5. The molecular formula is C20H15ClF3NO3. The van der Waals surface area contributed by atoms with Crippen LogP contribution in [0.3, 0.4) is 0 Å². The van der Waals surface area contributed by atoms with Gasteiger partial charge in [-0.1, -0.05) is 30.3 Å². The third-order valence-corrected chi connectivity index (χ3v) is 4.31. The van der Waals surface area contributed by atoms with Crippen LogP contribution in [0, 0.1) is 6.92 Å². The van der Waals surface area contributed by atoms with E-state index in [1.165, 1.54) is 18.2 Å². The number of rotatable bonds is 5. The van der Waals surface area contributed by atoms with E-state index in [0.29, 0.717) is 32.9 Å². The van der Waals surface area contributed by atoms with Gasteiger partial charge in [0.2, 0.25) is 0 Å². The number of fused-ring (bicyclic) bond motifs is 1. The van der Waals surface area contributed by atoms with Crippen LogP contribution in [0.15, 0.2) is 55.1 Å². The van der Waals surface area contributed by atoms with Crippen LogP contribution < -0.4 is 9.47 Å². The second kappa shape index (κ2) is 7.59. The Labute approximate surface area is 163 Å². The molecule has 8 heteroatoms. The first-order valence-electron chi connectivity index (χ1n) is 8.15. The van der Waals surface area contributed by atoms with Gasteiger partial charge in [-0.3, -0.25) is 0 Å². The van der Waals surface area contributed by atoms with E-state index in [1.54, 1.807) is 35.8 Å². The molecule has 0 saturated carbocycles. The number of aromatic nitrogens is 1. The van der Waals surface area contributed by atoms with Crippen molar-refractivity contribution in [2.45, 2.75) is 19.8 Å². The molecule has 0 aliphatic heterocycles. The largest absolute Gasteiger partial charge is 0.573 e. The van der Waals surface area contributed by atoms with E-state index < -0.39 is 12.3 Å². The van der Waals surface area contributed by atoms with Crippen molar-refractivity contribution in [3.05, 3.63) is 71.4 Å². The summed E-state index contributed by atoms with van der Waals surface area (Å²) in [5.74, 6) is -0.576. The monoisotopic (exact) mass is 409 g/mol. The standard InChI is InChI=1S/C20H15ClF3NO3/c1-3-18(26)27-19-12(2)25(17-10-14(21)7-8-16(17)19)11-13-5-4-6-15(9-13)28-20(22,23)24/h3-10H,1,11H2,2H3. The van der Waals surface area contributed by atoms with Crippen molar-refractivity contribution in [1.82, 2.24) is 4.57 Å². The number of benzene rings is 2. The summed E-state index contributed by atoms with van der Waals surface area (Å²) in [4.78, 5) is 11.7. The number of ether oxygens (including phenoxy) is 2. The Kier molecular flexibility index (Phi) is 5.38. The van der Waals surface area contributed by atoms with E-state index in [9.17, 15) is 18.0 Å². The zero-order chi connectivity index (χ0) is 20.5. The van der Waals surface area contributed by atoms with Crippen molar-refractivity contribution >= 4 is 28.5 Å². The van der Waals surface area contributed by atoms with Crippen molar-refractivity contribution < 1.29 is 27.4 Å². The van der Waals surface area contributed by atoms with Crippen molar-refractivity contribution in [3.8, 4) is 11.5 Å². The Morgan fingerprint density at radius 1 is 1.25 bits per heavy atom. The number of hydrogen-bond donors (Lipinski definition) is 0. The molecule has 0 unspecified atom stereocenters. The lowest BCUT2D eigenvalue weighted by atomic mass is 10.2. The molecule has 0 atom stereocenters. The Morgan fingerprint density at radius 2 is 2.00 bits per heavy atom. The maximum absolute atomic E-state index is 12.5. The molecule has 0 aliphatic carbocycles. The van der Waals surface area contributed by atoms with Gasteiger partial charge in [-0.05, 0) is 42.8 Å². The lowest BCUT2D eigenvalue weighted by Gasteiger charge is -2.12. The molecule has 4 nitrogen and oxygen atoms in total. The summed E-state index contributed by atoms with van der Waals surface area (Å²) < 4.78 is 48.6. The molecule has 28 heavy (non-hydrogen) atoms. The van der Waals surface area contributed by atoms with E-state index in [-0.39, 0.29) is 12.3 Å². The predicted molar refractivity (Wildman–Crippen MR) is 99.7 cm³/mol. The smallest absolute Gasteiger partial charge is 0.421 e. The molecule has 146 valence electrons. The summed E-state index contributed by atoms with van der Waals surface area (Å²) in [5, 5.41) is 1.13. The second-order valence-electron chi connectivity index (χ2n) is 5.98. The van der Waals surface area contributed by atoms with Crippen molar-refractivity contribution in [2.24, 2.45) is 0 Å². The van der Waals surface area contributed by atoms with Crippen LogP contribution in [0.25, 0.3) is 10.9 Å². The van der Waals surface area contributed by atoms with Gasteiger partial charge in [0.1, 0.15) is 5.75 Å². The van der Waals surface area contributed by atoms with Crippen LogP contribution in [-0.2, 0) is 11.3 Å². The second-order valence-corrected chi connectivity index (χ2v) is 6.42. The number of nitrogens with zero attached hydrogens (tertiary/aromatic N) is 1. The van der Waals surface area contributed by atoms with Crippen LogP contribution in [-0.4, -0.2) is 16.9 Å². The van der Waals surface area contributed by atoms with Gasteiger partial charge in [0.25, 0.3) is 0 Å². The SMILES string of the molecule is C=CC(=O)Oc1c(C)n(Cc2cccc(OC(F)(F)F)c2)c2cc(Cl)ccc12. The third kappa shape index (κ3) is 4.31. The highest BCUT2D eigenvalue weighted by atomic mass is 35.5. The molecule has 3 aromatic rings. The Morgan fingerprint density at radius 3 is 2.68 bits per heavy atom. The zero-order valence-electron chi connectivity index (χ0n) is 14.7. The topological polar surface area (TPSA) is 40.5 Å². The van der Waals surface area contributed by atoms with E-state index in [2.05, 4.69) is 11.3 Å². The highest BCUT2D eigenvalue weighted by molar-refractivity contribution is 6.31. The number of alkyl halides is 3. The van der Waals surface area contributed by atoms with Crippen LogP contribution in [0.4, 0.5) is 13.2 Å². The molecule has 0 radical (unpaired) electrons. The quantitative estimate of drug-likeness (QED) is 0.404. The Balaban J connectivity index is 2.05. The first-order chi connectivity index (χ1) is 13.2. The third-order valence-electron chi connectivity index (χ3n) is 4.07. The molecule has 0 fully saturated rings. The predicted octanol–water partition coefficient (Wildman–Crippen LogP) is 5.64. The molecule has 2 aromatic carbocycles. The van der Waals surface area contributed by atoms with E-state index in [4.69, 9.17) is 16.3 Å². The van der Waals surface area contributed by atoms with Crippen molar-refractivity contribution in [1.29, 1.82) is 0 Å². The minimum atomic E-state index is -4.77. The zero-order valence-corrected chi connectivity index (χ0v) is 15.5. The molecule has 0 amide bonds. The number of carbonyl (C=O) groups excluding carboxylic acids is 1. The lowest BCUT2D eigenvalue weighted by Crippen LogP contribution is -2.17. The molecule has 0 bridgehead atoms. The molecular weight excluding hydrogens is 395 g/mol. The van der Waals surface area contributed by atoms with Gasteiger partial charge >= 0.3 is 12.3 Å². The summed E-state index contributed by atoms with van der Waals surface area (Å²) in [7, 11) is 0. The summed E-state index contributed by atoms with van der Waals surface area (Å²) >= 11 is 6.10. The van der Waals surface area contributed by atoms with Gasteiger partial charge in [-0.2, -0.15) is 0 Å². The van der Waals surface area contributed by atoms with Gasteiger partial charge in [0, 0.05) is 23.0 Å². The molecule has 0 saturated heterocycles. The summed E-state index contributed by atoms with van der Waals surface area (Å²) in [6, 6.07) is 10.8. The van der Waals surface area contributed by atoms with Gasteiger partial charge in [-0.25, -0.2) is 4.79 Å². The van der Waals surface area contributed by atoms with Gasteiger partial charge < -0.3 is 14.0 Å². The van der Waals surface area contributed by atoms with Gasteiger partial charge in [-0.15, -0.1) is 13.2 Å². The first kappa shape index (κ1) is 19.8. The number of halogens is 4. The number of carbonyl (C=O) groups is 1. The molecule has 0 spiro atoms. The minimum Gasteiger partial charge on any atom is -0.421 e. The molecule has 0 aliphatic rings. The van der Waals surface area contributed by atoms with Gasteiger partial charge in [0.05, 0.1) is 11.2 Å². The lowest BCUT2D eigenvalue weighted by molar-refractivity contribution is -0.274. The molecule has 0 N–H and O–H groups in total. The number of hydrogen-bond acceptors (Lipinski definition) is 3. The fraction of sp³-hybridized carbons (Fsp3) is 0.150. The Hall–Kier alpha value is -2.93. The van der Waals surface area contributed by atoms with Crippen LogP contribution in [0.5, 0.6) is 11.5 Å². The van der Waals surface area contributed by atoms with Gasteiger partial charge in [0.15, 0.2) is 5.75 Å². The van der Waals surface area contributed by atoms with Crippen molar-refractivity contribution in [2.75, 3.05) is 0 Å². The average molecular weight is 410 g/mol. The highest BCUT2D eigenvalue weighted by Crippen LogP contribution is 2.35. The van der Waals surface area contributed by atoms with Crippen LogP contribution in [0.1, 0.15) is 11.3 Å². The average Bonchev–Trinajstić information content (AvgIpc) is 2.85. The van der Waals surface area contributed by atoms with E-state index >= 15 is 0 Å². The van der Waals surface area contributed by atoms with Crippen molar-refractivity contribution in [3.63, 3.8) is 0 Å². The number of esters is 1. The maximum Gasteiger partial charge on any atom is 0.573 e. The van der Waals surface area contributed by atoms with Crippen LogP contribution in [0.2, 0.25) is 5.02 Å². The molecule has 3 rings (SSSR count). The van der Waals surface area contributed by atoms with E-state index in [0.717, 1.165) is 6.08 Å². The molecule has 1 heterocycles. The summed E-state index contributed by atoms with van der Waals surface area (Å²) in [6.45, 7) is 5.36. The minimum absolute atomic E-state index is 0.226. The molecule has 1 aromatic heterocycles. The highest BCUT2D eigenvalue weighted by Gasteiger charge is 2.31. The fourth-order valence-electron chi connectivity index (χ4n) is 2.92. The normalized spacial score (nSPS) is 11.5. The van der Waals surface area contributed by atoms with Crippen LogP contribution >= 0.6 is 11.6 Å². The summed E-state index contributed by atoms with van der Waals surface area (Å²) in [6.07, 6.45) is -3.72. The van der Waals surface area contributed by atoms with E-state index in [1.807, 2.05) is 0 Å².